The van der Waals surface area contributed by atoms with E-state index in [1.165, 1.54) is 6.39 Å². The second-order valence-electron chi connectivity index (χ2n) is 4.95. The number of oxazole rings is 1. The molecule has 3 rings (SSSR count). The Bertz CT molecular complexity index is 841. The van der Waals surface area contributed by atoms with Crippen molar-refractivity contribution in [3.8, 4) is 11.5 Å². The fourth-order valence-electron chi connectivity index (χ4n) is 2.30. The van der Waals surface area contributed by atoms with Crippen molar-refractivity contribution in [1.29, 1.82) is 0 Å². The van der Waals surface area contributed by atoms with Crippen LogP contribution in [0.25, 0.3) is 11.1 Å². The fourth-order valence-corrected chi connectivity index (χ4v) is 2.30. The summed E-state index contributed by atoms with van der Waals surface area (Å²) in [6, 6.07) is 10.7. The lowest BCUT2D eigenvalue weighted by Gasteiger charge is -2.11. The summed E-state index contributed by atoms with van der Waals surface area (Å²) in [5, 5.41) is 2.84. The van der Waals surface area contributed by atoms with E-state index in [4.69, 9.17) is 13.9 Å². The molecular weight excluding hydrogens is 296 g/mol. The van der Waals surface area contributed by atoms with Gasteiger partial charge in [0.05, 0.1) is 26.3 Å². The summed E-state index contributed by atoms with van der Waals surface area (Å²) < 4.78 is 15.7. The third-order valence-electron chi connectivity index (χ3n) is 3.44. The minimum Gasteiger partial charge on any atom is -0.497 e. The Balaban J connectivity index is 1.76. The summed E-state index contributed by atoms with van der Waals surface area (Å²) in [5.74, 6) is 1.06. The SMILES string of the molecule is COc1ccc(OC)c(NC(=O)Cc2ccc3ncoc3c2)c1. The zero-order valence-electron chi connectivity index (χ0n) is 12.8. The first kappa shape index (κ1) is 14.9. The van der Waals surface area contributed by atoms with E-state index >= 15 is 0 Å². The van der Waals surface area contributed by atoms with E-state index in [2.05, 4.69) is 10.3 Å². The van der Waals surface area contributed by atoms with Crippen LogP contribution in [0.3, 0.4) is 0 Å². The predicted octanol–water partition coefficient (Wildman–Crippen LogP) is 3.03. The highest BCUT2D eigenvalue weighted by Gasteiger charge is 2.11. The number of ether oxygens (including phenoxy) is 2. The highest BCUT2D eigenvalue weighted by molar-refractivity contribution is 5.94. The highest BCUT2D eigenvalue weighted by atomic mass is 16.5. The molecule has 118 valence electrons. The maximum atomic E-state index is 12.3. The summed E-state index contributed by atoms with van der Waals surface area (Å²) in [7, 11) is 3.12. The van der Waals surface area contributed by atoms with Gasteiger partial charge in [0.1, 0.15) is 17.0 Å². The third kappa shape index (κ3) is 3.26. The zero-order valence-corrected chi connectivity index (χ0v) is 12.8. The number of hydrogen-bond donors (Lipinski definition) is 1. The molecule has 6 nitrogen and oxygen atoms in total. The maximum Gasteiger partial charge on any atom is 0.228 e. The van der Waals surface area contributed by atoms with Gasteiger partial charge in [0.2, 0.25) is 5.91 Å². The molecular formula is C17H16N2O4. The van der Waals surface area contributed by atoms with Gasteiger partial charge >= 0.3 is 0 Å². The van der Waals surface area contributed by atoms with E-state index in [0.29, 0.717) is 22.8 Å². The molecule has 0 fully saturated rings. The van der Waals surface area contributed by atoms with Crippen LogP contribution in [-0.2, 0) is 11.2 Å². The van der Waals surface area contributed by atoms with Crippen molar-refractivity contribution in [3.05, 3.63) is 48.4 Å². The first-order chi connectivity index (χ1) is 11.2. The number of carbonyl (C=O) groups is 1. The molecule has 0 radical (unpaired) electrons. The Morgan fingerprint density at radius 2 is 2.04 bits per heavy atom. The van der Waals surface area contributed by atoms with Crippen LogP contribution in [0.5, 0.6) is 11.5 Å². The van der Waals surface area contributed by atoms with E-state index in [1.807, 2.05) is 18.2 Å². The van der Waals surface area contributed by atoms with Gasteiger partial charge in [-0.05, 0) is 29.8 Å². The zero-order chi connectivity index (χ0) is 16.2. The van der Waals surface area contributed by atoms with Crippen LogP contribution in [0, 0.1) is 0 Å². The number of nitrogens with zero attached hydrogens (tertiary/aromatic N) is 1. The van der Waals surface area contributed by atoms with E-state index in [-0.39, 0.29) is 12.3 Å². The summed E-state index contributed by atoms with van der Waals surface area (Å²) >= 11 is 0. The smallest absolute Gasteiger partial charge is 0.228 e. The molecule has 1 aromatic heterocycles. The maximum absolute atomic E-state index is 12.3. The molecule has 2 aromatic carbocycles. The van der Waals surface area contributed by atoms with Gasteiger partial charge in [0.25, 0.3) is 0 Å². The van der Waals surface area contributed by atoms with Crippen molar-refractivity contribution in [2.75, 3.05) is 19.5 Å². The van der Waals surface area contributed by atoms with Crippen LogP contribution in [0.1, 0.15) is 5.56 Å². The molecule has 0 aliphatic carbocycles. The molecule has 1 amide bonds. The molecule has 1 heterocycles. The van der Waals surface area contributed by atoms with Crippen LogP contribution in [0.4, 0.5) is 5.69 Å². The second kappa shape index (κ2) is 6.39. The Labute approximate surface area is 133 Å². The number of anilines is 1. The van der Waals surface area contributed by atoms with Crippen LogP contribution in [-0.4, -0.2) is 25.1 Å². The minimum absolute atomic E-state index is 0.157. The average Bonchev–Trinajstić information content (AvgIpc) is 3.02. The Kier molecular flexibility index (Phi) is 4.14. The van der Waals surface area contributed by atoms with Gasteiger partial charge in [-0.15, -0.1) is 0 Å². The number of benzene rings is 2. The van der Waals surface area contributed by atoms with Crippen molar-refractivity contribution in [1.82, 2.24) is 4.98 Å². The van der Waals surface area contributed by atoms with Gasteiger partial charge < -0.3 is 19.2 Å². The van der Waals surface area contributed by atoms with Crippen molar-refractivity contribution < 1.29 is 18.7 Å². The molecule has 6 heteroatoms. The van der Waals surface area contributed by atoms with Crippen molar-refractivity contribution >= 4 is 22.7 Å². The Morgan fingerprint density at radius 1 is 1.17 bits per heavy atom. The molecule has 1 N–H and O–H groups in total. The van der Waals surface area contributed by atoms with Gasteiger partial charge in [0, 0.05) is 6.07 Å². The third-order valence-corrected chi connectivity index (χ3v) is 3.44. The first-order valence-electron chi connectivity index (χ1n) is 7.03. The molecule has 3 aromatic rings. The molecule has 23 heavy (non-hydrogen) atoms. The van der Waals surface area contributed by atoms with Gasteiger partial charge in [0.15, 0.2) is 12.0 Å². The van der Waals surface area contributed by atoms with Crippen LogP contribution in [0.2, 0.25) is 0 Å². The van der Waals surface area contributed by atoms with Crippen LogP contribution in [0.15, 0.2) is 47.2 Å². The lowest BCUT2D eigenvalue weighted by molar-refractivity contribution is -0.115. The van der Waals surface area contributed by atoms with Gasteiger partial charge in [-0.2, -0.15) is 0 Å². The molecule has 0 aliphatic rings. The number of hydrogen-bond acceptors (Lipinski definition) is 5. The Morgan fingerprint density at radius 3 is 2.83 bits per heavy atom. The van der Waals surface area contributed by atoms with Gasteiger partial charge in [-0.3, -0.25) is 4.79 Å². The van der Waals surface area contributed by atoms with Crippen LogP contribution >= 0.6 is 0 Å². The topological polar surface area (TPSA) is 73.6 Å². The van der Waals surface area contributed by atoms with E-state index in [0.717, 1.165) is 11.1 Å². The van der Waals surface area contributed by atoms with Crippen LogP contribution < -0.4 is 14.8 Å². The molecule has 0 spiro atoms. The second-order valence-corrected chi connectivity index (χ2v) is 4.95. The number of methoxy groups -OCH3 is 2. The normalized spacial score (nSPS) is 10.5. The number of fused-ring (bicyclic) bond motifs is 1. The average molecular weight is 312 g/mol. The number of nitrogens with one attached hydrogen (secondary N) is 1. The van der Waals surface area contributed by atoms with Crippen molar-refractivity contribution in [3.63, 3.8) is 0 Å². The molecule has 0 saturated heterocycles. The Hall–Kier alpha value is -3.02. The van der Waals surface area contributed by atoms with Gasteiger partial charge in [-0.1, -0.05) is 6.07 Å². The summed E-state index contributed by atoms with van der Waals surface area (Å²) in [5.41, 5.74) is 2.84. The number of amides is 1. The molecule has 0 aliphatic heterocycles. The monoisotopic (exact) mass is 312 g/mol. The van der Waals surface area contributed by atoms with Gasteiger partial charge in [-0.25, -0.2) is 4.98 Å². The predicted molar refractivity (Wildman–Crippen MR) is 85.9 cm³/mol. The highest BCUT2D eigenvalue weighted by Crippen LogP contribution is 2.29. The van der Waals surface area contributed by atoms with E-state index in [9.17, 15) is 4.79 Å². The van der Waals surface area contributed by atoms with E-state index < -0.39 is 0 Å². The molecule has 0 saturated carbocycles. The summed E-state index contributed by atoms with van der Waals surface area (Å²) in [6.45, 7) is 0. The standard InChI is InChI=1S/C17H16N2O4/c1-21-12-4-6-15(22-2)14(9-12)19-17(20)8-11-3-5-13-16(7-11)23-10-18-13/h3-7,9-10H,8H2,1-2H3,(H,19,20). The molecule has 0 bridgehead atoms. The van der Waals surface area contributed by atoms with Crippen molar-refractivity contribution in [2.24, 2.45) is 0 Å². The van der Waals surface area contributed by atoms with E-state index in [1.54, 1.807) is 32.4 Å². The summed E-state index contributed by atoms with van der Waals surface area (Å²) in [4.78, 5) is 16.3. The quantitative estimate of drug-likeness (QED) is 0.784. The molecule has 0 unspecified atom stereocenters. The lowest BCUT2D eigenvalue weighted by Crippen LogP contribution is -2.15. The van der Waals surface area contributed by atoms with Crippen molar-refractivity contribution in [2.45, 2.75) is 6.42 Å². The number of aromatic nitrogens is 1. The summed E-state index contributed by atoms with van der Waals surface area (Å²) in [6.07, 6.45) is 1.60. The lowest BCUT2D eigenvalue weighted by atomic mass is 10.1. The minimum atomic E-state index is -0.157. The first-order valence-corrected chi connectivity index (χ1v) is 7.03. The number of rotatable bonds is 5. The fraction of sp³-hybridized carbons (Fsp3) is 0.176. The molecule has 0 atom stereocenters. The number of carbonyl (C=O) groups excluding carboxylic acids is 1. The largest absolute Gasteiger partial charge is 0.497 e.